The van der Waals surface area contributed by atoms with E-state index in [1.54, 1.807) is 11.1 Å². The van der Waals surface area contributed by atoms with Crippen LogP contribution in [-0.4, -0.2) is 41.7 Å². The van der Waals surface area contributed by atoms with E-state index in [9.17, 15) is 17.6 Å². The van der Waals surface area contributed by atoms with Gasteiger partial charge in [0.2, 0.25) is 15.9 Å². The Morgan fingerprint density at radius 3 is 2.60 bits per heavy atom. The third-order valence-corrected chi connectivity index (χ3v) is 8.95. The van der Waals surface area contributed by atoms with Crippen LogP contribution >= 0.6 is 11.3 Å². The van der Waals surface area contributed by atoms with Crippen molar-refractivity contribution in [2.45, 2.75) is 24.3 Å². The van der Waals surface area contributed by atoms with Crippen molar-refractivity contribution in [1.82, 2.24) is 14.3 Å². The largest absolute Gasteiger partial charge is 0.282 e. The molecule has 0 bridgehead atoms. The minimum absolute atomic E-state index is 0.0171. The summed E-state index contributed by atoms with van der Waals surface area (Å²) in [5, 5.41) is 0.556. The van der Waals surface area contributed by atoms with Crippen LogP contribution in [0.2, 0.25) is 0 Å². The van der Waals surface area contributed by atoms with E-state index in [0.717, 1.165) is 22.3 Å². The zero-order valence-electron chi connectivity index (χ0n) is 18.7. The molecule has 1 aliphatic rings. The maximum atomic E-state index is 13.8. The summed E-state index contributed by atoms with van der Waals surface area (Å²) < 4.78 is 42.0. The van der Waals surface area contributed by atoms with E-state index >= 15 is 0 Å². The molecule has 10 heteroatoms. The van der Waals surface area contributed by atoms with Crippen LogP contribution in [0.1, 0.15) is 18.5 Å². The molecule has 1 unspecified atom stereocenters. The summed E-state index contributed by atoms with van der Waals surface area (Å²) >= 11 is 1.42. The molecule has 2 aromatic carbocycles. The first-order valence-electron chi connectivity index (χ1n) is 11.2. The van der Waals surface area contributed by atoms with Crippen molar-refractivity contribution in [2.24, 2.45) is 5.92 Å². The van der Waals surface area contributed by atoms with Gasteiger partial charge in [-0.25, -0.2) is 17.8 Å². The van der Waals surface area contributed by atoms with Gasteiger partial charge in [-0.2, -0.15) is 4.31 Å². The summed E-state index contributed by atoms with van der Waals surface area (Å²) in [5.74, 6) is -1.22. The minimum atomic E-state index is -3.84. The number of aromatic nitrogens is 2. The number of hydrogen-bond acceptors (Lipinski definition) is 6. The van der Waals surface area contributed by atoms with Crippen LogP contribution in [0.25, 0.3) is 10.2 Å². The number of carbonyl (C=O) groups is 1. The van der Waals surface area contributed by atoms with Gasteiger partial charge in [-0.05, 0) is 61.4 Å². The molecule has 1 saturated heterocycles. The molecule has 1 fully saturated rings. The van der Waals surface area contributed by atoms with Crippen molar-refractivity contribution in [3.05, 3.63) is 84.4 Å². The van der Waals surface area contributed by atoms with Gasteiger partial charge in [-0.3, -0.25) is 14.7 Å². The molecule has 180 valence electrons. The molecule has 1 aliphatic heterocycles. The molecule has 0 saturated carbocycles. The van der Waals surface area contributed by atoms with Crippen LogP contribution in [0.5, 0.6) is 0 Å². The number of anilines is 1. The minimum Gasteiger partial charge on any atom is -0.282 e. The lowest BCUT2D eigenvalue weighted by Gasteiger charge is -2.33. The van der Waals surface area contributed by atoms with Crippen molar-refractivity contribution < 1.29 is 17.6 Å². The highest BCUT2D eigenvalue weighted by Gasteiger charge is 2.36. The van der Waals surface area contributed by atoms with E-state index in [0.29, 0.717) is 30.2 Å². The predicted molar refractivity (Wildman–Crippen MR) is 133 cm³/mol. The third kappa shape index (κ3) is 4.95. The number of piperidine rings is 1. The summed E-state index contributed by atoms with van der Waals surface area (Å²) in [6.45, 7) is 0.605. The topological polar surface area (TPSA) is 83.5 Å². The molecule has 1 atom stereocenters. The molecule has 5 rings (SSSR count). The second kappa shape index (κ2) is 9.80. The molecular weight excluding hydrogens is 487 g/mol. The van der Waals surface area contributed by atoms with Crippen molar-refractivity contribution >= 4 is 42.6 Å². The Labute approximate surface area is 206 Å². The third-order valence-electron chi connectivity index (χ3n) is 6.01. The van der Waals surface area contributed by atoms with Crippen LogP contribution in [0.4, 0.5) is 9.52 Å². The number of benzene rings is 2. The van der Waals surface area contributed by atoms with Crippen molar-refractivity contribution in [3.63, 3.8) is 0 Å². The average molecular weight is 511 g/mol. The molecular formula is C25H23FN4O3S2. The summed E-state index contributed by atoms with van der Waals surface area (Å²) in [4.78, 5) is 24.5. The van der Waals surface area contributed by atoms with E-state index in [1.807, 2.05) is 42.5 Å². The smallest absolute Gasteiger partial charge is 0.243 e. The summed E-state index contributed by atoms with van der Waals surface area (Å²) in [6.07, 6.45) is 2.79. The molecule has 4 aromatic rings. The Morgan fingerprint density at radius 2 is 1.86 bits per heavy atom. The van der Waals surface area contributed by atoms with E-state index in [-0.39, 0.29) is 23.9 Å². The van der Waals surface area contributed by atoms with Gasteiger partial charge >= 0.3 is 0 Å². The van der Waals surface area contributed by atoms with Crippen molar-refractivity contribution in [2.75, 3.05) is 18.0 Å². The van der Waals surface area contributed by atoms with Crippen LogP contribution in [0, 0.1) is 11.7 Å². The molecule has 0 spiro atoms. The number of pyridine rings is 1. The van der Waals surface area contributed by atoms with Crippen LogP contribution in [0.15, 0.2) is 77.8 Å². The molecule has 2 aromatic heterocycles. The fraction of sp³-hybridized carbons (Fsp3) is 0.240. The Morgan fingerprint density at radius 1 is 1.09 bits per heavy atom. The normalized spacial score (nSPS) is 16.9. The van der Waals surface area contributed by atoms with E-state index in [4.69, 9.17) is 0 Å². The molecule has 7 nitrogen and oxygen atoms in total. The Hall–Kier alpha value is -3.21. The summed E-state index contributed by atoms with van der Waals surface area (Å²) in [5.41, 5.74) is 1.52. The first-order chi connectivity index (χ1) is 16.9. The quantitative estimate of drug-likeness (QED) is 0.382. The first-order valence-corrected chi connectivity index (χ1v) is 13.5. The number of nitrogens with zero attached hydrogens (tertiary/aromatic N) is 4. The molecule has 1 amide bonds. The predicted octanol–water partition coefficient (Wildman–Crippen LogP) is 4.46. The zero-order chi connectivity index (χ0) is 24.4. The lowest BCUT2D eigenvalue weighted by atomic mass is 9.98. The molecule has 0 aliphatic carbocycles. The number of halogens is 1. The van der Waals surface area contributed by atoms with Gasteiger partial charge in [-0.15, -0.1) is 0 Å². The number of sulfonamides is 1. The maximum Gasteiger partial charge on any atom is 0.243 e. The number of carbonyl (C=O) groups excluding carboxylic acids is 1. The number of amides is 1. The molecule has 35 heavy (non-hydrogen) atoms. The Kier molecular flexibility index (Phi) is 6.59. The lowest BCUT2D eigenvalue weighted by Crippen LogP contribution is -2.46. The number of thiazole rings is 1. The summed E-state index contributed by atoms with van der Waals surface area (Å²) in [7, 11) is -3.84. The van der Waals surface area contributed by atoms with Gasteiger partial charge in [-0.1, -0.05) is 29.5 Å². The van der Waals surface area contributed by atoms with Gasteiger partial charge in [0.15, 0.2) is 5.13 Å². The van der Waals surface area contributed by atoms with Crippen LogP contribution in [0.3, 0.4) is 0 Å². The van der Waals surface area contributed by atoms with Crippen LogP contribution in [-0.2, 0) is 21.4 Å². The molecule has 3 heterocycles. The molecule has 0 radical (unpaired) electrons. The maximum absolute atomic E-state index is 13.8. The average Bonchev–Trinajstić information content (AvgIpc) is 3.32. The second-order valence-electron chi connectivity index (χ2n) is 8.37. The number of para-hydroxylation sites is 1. The summed E-state index contributed by atoms with van der Waals surface area (Å²) in [6, 6.07) is 18.0. The van der Waals surface area contributed by atoms with E-state index in [1.165, 1.54) is 27.8 Å². The second-order valence-corrected chi connectivity index (χ2v) is 11.3. The SMILES string of the molecule is O=C(C1CCCN(S(=O)(=O)c2ccc(F)cc2)C1)N(Cc1ccccn1)c1nc2ccccc2s1. The highest BCUT2D eigenvalue weighted by atomic mass is 32.2. The van der Waals surface area contributed by atoms with Crippen molar-refractivity contribution in [3.8, 4) is 0 Å². The lowest BCUT2D eigenvalue weighted by molar-refractivity contribution is -0.123. The standard InChI is InChI=1S/C25H23FN4O3S2/c26-19-10-12-21(13-11-19)35(32,33)29-15-5-6-18(16-29)24(31)30(17-20-7-3-4-14-27-20)25-28-22-8-1-2-9-23(22)34-25/h1-4,7-14,18H,5-6,15-17H2. The van der Waals surface area contributed by atoms with Gasteiger partial charge in [0.05, 0.1) is 33.3 Å². The Bertz CT molecular complexity index is 1410. The highest BCUT2D eigenvalue weighted by Crippen LogP contribution is 2.32. The van der Waals surface area contributed by atoms with E-state index in [2.05, 4.69) is 9.97 Å². The number of hydrogen-bond donors (Lipinski definition) is 0. The van der Waals surface area contributed by atoms with Gasteiger partial charge < -0.3 is 0 Å². The van der Waals surface area contributed by atoms with Gasteiger partial charge in [0.25, 0.3) is 0 Å². The zero-order valence-corrected chi connectivity index (χ0v) is 20.4. The molecule has 0 N–H and O–H groups in total. The number of rotatable bonds is 6. The number of fused-ring (bicyclic) bond motifs is 1. The van der Waals surface area contributed by atoms with Crippen LogP contribution < -0.4 is 4.90 Å². The van der Waals surface area contributed by atoms with E-state index < -0.39 is 21.8 Å². The fourth-order valence-corrected chi connectivity index (χ4v) is 6.70. The first kappa shape index (κ1) is 23.5. The van der Waals surface area contributed by atoms with Gasteiger partial charge in [0.1, 0.15) is 5.82 Å². The van der Waals surface area contributed by atoms with Gasteiger partial charge in [0, 0.05) is 19.3 Å². The Balaban J connectivity index is 1.43. The monoisotopic (exact) mass is 510 g/mol. The fourth-order valence-electron chi connectivity index (χ4n) is 4.21. The highest BCUT2D eigenvalue weighted by molar-refractivity contribution is 7.89. The van der Waals surface area contributed by atoms with Crippen molar-refractivity contribution in [1.29, 1.82) is 0 Å².